The number of rotatable bonds is 8. The van der Waals surface area contributed by atoms with Crippen molar-refractivity contribution in [1.29, 1.82) is 0 Å². The zero-order chi connectivity index (χ0) is 20.6. The molecular formula is C19H22F2N6O2. The summed E-state index contributed by atoms with van der Waals surface area (Å²) in [5, 5.41) is 14.6. The first kappa shape index (κ1) is 20.3. The number of alkyl halides is 2. The molecule has 3 rings (SSSR count). The van der Waals surface area contributed by atoms with Gasteiger partial charge in [-0.25, -0.2) is 4.99 Å². The highest BCUT2D eigenvalue weighted by atomic mass is 19.3. The van der Waals surface area contributed by atoms with Gasteiger partial charge < -0.3 is 20.1 Å². The first-order valence-electron chi connectivity index (χ1n) is 9.03. The summed E-state index contributed by atoms with van der Waals surface area (Å²) in [6, 6.07) is 10.5. The number of hydrogen-bond acceptors (Lipinski definition) is 5. The van der Waals surface area contributed by atoms with E-state index in [1.807, 2.05) is 35.7 Å². The van der Waals surface area contributed by atoms with Gasteiger partial charge in [-0.1, -0.05) is 12.1 Å². The van der Waals surface area contributed by atoms with Crippen molar-refractivity contribution in [2.75, 3.05) is 13.7 Å². The van der Waals surface area contributed by atoms with E-state index in [0.717, 1.165) is 11.5 Å². The van der Waals surface area contributed by atoms with Crippen LogP contribution in [0.25, 0.3) is 5.65 Å². The lowest BCUT2D eigenvalue weighted by molar-refractivity contribution is -0.0512. The molecule has 0 amide bonds. The molecule has 0 radical (unpaired) electrons. The minimum atomic E-state index is -2.93. The molecule has 2 heterocycles. The average molecular weight is 404 g/mol. The standard InChI is InChI=1S/C19H22F2N6O2/c1-3-22-19(24-12-17-26-25-16-6-4-5-9-27(16)17)23-11-13-7-8-14(28-2)15(10-13)29-18(20)21/h4-10,18H,3,11-12H2,1-2H3,(H2,22,23,24). The van der Waals surface area contributed by atoms with Crippen LogP contribution in [-0.2, 0) is 13.1 Å². The van der Waals surface area contributed by atoms with Crippen molar-refractivity contribution in [3.63, 3.8) is 0 Å². The number of methoxy groups -OCH3 is 1. The van der Waals surface area contributed by atoms with Crippen LogP contribution in [0, 0.1) is 0 Å². The maximum Gasteiger partial charge on any atom is 0.387 e. The van der Waals surface area contributed by atoms with Gasteiger partial charge in [0.1, 0.15) is 0 Å². The number of aliphatic imine (C=N–C) groups is 1. The molecule has 0 bridgehead atoms. The van der Waals surface area contributed by atoms with Gasteiger partial charge >= 0.3 is 6.61 Å². The predicted molar refractivity (Wildman–Crippen MR) is 104 cm³/mol. The van der Waals surface area contributed by atoms with Crippen molar-refractivity contribution in [3.05, 3.63) is 54.0 Å². The van der Waals surface area contributed by atoms with Crippen LogP contribution in [0.4, 0.5) is 8.78 Å². The van der Waals surface area contributed by atoms with Crippen molar-refractivity contribution in [3.8, 4) is 11.5 Å². The van der Waals surface area contributed by atoms with Crippen LogP contribution in [0.5, 0.6) is 11.5 Å². The Morgan fingerprint density at radius 1 is 1.17 bits per heavy atom. The number of fused-ring (bicyclic) bond motifs is 1. The topological polar surface area (TPSA) is 85.1 Å². The van der Waals surface area contributed by atoms with Gasteiger partial charge in [-0.3, -0.25) is 4.40 Å². The number of aromatic nitrogens is 3. The van der Waals surface area contributed by atoms with E-state index in [0.29, 0.717) is 24.6 Å². The Morgan fingerprint density at radius 3 is 2.79 bits per heavy atom. The number of hydrogen-bond donors (Lipinski definition) is 2. The van der Waals surface area contributed by atoms with Gasteiger partial charge in [0.15, 0.2) is 28.9 Å². The molecule has 1 aromatic carbocycles. The first-order valence-corrected chi connectivity index (χ1v) is 9.03. The summed E-state index contributed by atoms with van der Waals surface area (Å²) in [5.74, 6) is 1.51. The lowest BCUT2D eigenvalue weighted by Crippen LogP contribution is -2.37. The summed E-state index contributed by atoms with van der Waals surface area (Å²) in [4.78, 5) is 4.49. The predicted octanol–water partition coefficient (Wildman–Crippen LogP) is 2.59. The summed E-state index contributed by atoms with van der Waals surface area (Å²) >= 11 is 0. The van der Waals surface area contributed by atoms with Gasteiger partial charge in [0.2, 0.25) is 0 Å². The number of pyridine rings is 1. The molecule has 2 aromatic heterocycles. The van der Waals surface area contributed by atoms with Crippen molar-refractivity contribution in [1.82, 2.24) is 25.2 Å². The number of nitrogens with one attached hydrogen (secondary N) is 2. The highest BCUT2D eigenvalue weighted by Crippen LogP contribution is 2.29. The molecule has 2 N–H and O–H groups in total. The third-order valence-electron chi connectivity index (χ3n) is 4.01. The molecule has 0 atom stereocenters. The number of benzene rings is 1. The maximum atomic E-state index is 12.6. The van der Waals surface area contributed by atoms with E-state index in [9.17, 15) is 8.78 Å². The molecule has 0 aliphatic heterocycles. The van der Waals surface area contributed by atoms with Crippen LogP contribution in [0.1, 0.15) is 18.3 Å². The Hall–Kier alpha value is -3.43. The van der Waals surface area contributed by atoms with Crippen LogP contribution in [-0.4, -0.2) is 40.8 Å². The largest absolute Gasteiger partial charge is 0.493 e. The molecule has 0 saturated heterocycles. The molecular weight excluding hydrogens is 382 g/mol. The highest BCUT2D eigenvalue weighted by Gasteiger charge is 2.11. The van der Waals surface area contributed by atoms with Crippen molar-refractivity contribution in [2.45, 2.75) is 26.6 Å². The zero-order valence-corrected chi connectivity index (χ0v) is 16.1. The van der Waals surface area contributed by atoms with Gasteiger partial charge in [0.05, 0.1) is 20.2 Å². The second-order valence-electron chi connectivity index (χ2n) is 5.96. The number of halogens is 2. The molecule has 3 aromatic rings. The van der Waals surface area contributed by atoms with Crippen LogP contribution < -0.4 is 20.1 Å². The Morgan fingerprint density at radius 2 is 2.03 bits per heavy atom. The molecule has 0 aliphatic rings. The molecule has 0 unspecified atom stereocenters. The normalized spacial score (nSPS) is 11.7. The van der Waals surface area contributed by atoms with Crippen LogP contribution in [0.3, 0.4) is 0 Å². The van der Waals surface area contributed by atoms with E-state index < -0.39 is 6.61 Å². The summed E-state index contributed by atoms with van der Waals surface area (Å²) in [6.45, 7) is 0.360. The van der Waals surface area contributed by atoms with Crippen molar-refractivity contribution >= 4 is 11.6 Å². The first-order chi connectivity index (χ1) is 14.1. The molecule has 0 aliphatic carbocycles. The summed E-state index contributed by atoms with van der Waals surface area (Å²) in [6.07, 6.45) is 1.89. The number of ether oxygens (including phenoxy) is 2. The molecule has 0 spiro atoms. The van der Waals surface area contributed by atoms with Crippen LogP contribution in [0.15, 0.2) is 47.6 Å². The van der Waals surface area contributed by atoms with Gasteiger partial charge in [-0.15, -0.1) is 10.2 Å². The summed E-state index contributed by atoms with van der Waals surface area (Å²) < 4.78 is 36.6. The maximum absolute atomic E-state index is 12.6. The van der Waals surface area contributed by atoms with Crippen molar-refractivity contribution in [2.24, 2.45) is 4.99 Å². The van der Waals surface area contributed by atoms with Gasteiger partial charge in [-0.05, 0) is 36.8 Å². The summed E-state index contributed by atoms with van der Waals surface area (Å²) in [5.41, 5.74) is 1.46. The Kier molecular flexibility index (Phi) is 6.77. The van der Waals surface area contributed by atoms with Gasteiger partial charge in [0.25, 0.3) is 0 Å². The highest BCUT2D eigenvalue weighted by molar-refractivity contribution is 5.79. The van der Waals surface area contributed by atoms with Crippen molar-refractivity contribution < 1.29 is 18.3 Å². The lowest BCUT2D eigenvalue weighted by atomic mass is 10.2. The van der Waals surface area contributed by atoms with E-state index >= 15 is 0 Å². The Labute approximate surface area is 166 Å². The van der Waals surface area contributed by atoms with Crippen LogP contribution >= 0.6 is 0 Å². The minimum absolute atomic E-state index is 0.0249. The third-order valence-corrected chi connectivity index (χ3v) is 4.01. The minimum Gasteiger partial charge on any atom is -0.493 e. The Bertz CT molecular complexity index is 976. The molecule has 10 heteroatoms. The Balaban J connectivity index is 1.70. The lowest BCUT2D eigenvalue weighted by Gasteiger charge is -2.12. The quantitative estimate of drug-likeness (QED) is 0.444. The SMILES string of the molecule is CCNC(=NCc1ccc(OC)c(OC(F)F)c1)NCc1nnc2ccccn12. The van der Waals surface area contributed by atoms with E-state index in [4.69, 9.17) is 4.74 Å². The summed E-state index contributed by atoms with van der Waals surface area (Å²) in [7, 11) is 1.40. The van der Waals surface area contributed by atoms with E-state index in [-0.39, 0.29) is 18.0 Å². The van der Waals surface area contributed by atoms with E-state index in [1.165, 1.54) is 13.2 Å². The van der Waals surface area contributed by atoms with Crippen LogP contribution in [0.2, 0.25) is 0 Å². The third kappa shape index (κ3) is 5.31. The molecule has 0 fully saturated rings. The molecule has 154 valence electrons. The second-order valence-corrected chi connectivity index (χ2v) is 5.96. The smallest absolute Gasteiger partial charge is 0.387 e. The average Bonchev–Trinajstić information content (AvgIpc) is 3.13. The fourth-order valence-electron chi connectivity index (χ4n) is 2.69. The number of guanidine groups is 1. The zero-order valence-electron chi connectivity index (χ0n) is 16.1. The van der Waals surface area contributed by atoms with E-state index in [1.54, 1.807) is 12.1 Å². The molecule has 0 saturated carbocycles. The molecule has 29 heavy (non-hydrogen) atoms. The second kappa shape index (κ2) is 9.67. The van der Waals surface area contributed by atoms with E-state index in [2.05, 4.69) is 30.6 Å². The molecule has 8 nitrogen and oxygen atoms in total. The number of nitrogens with zero attached hydrogens (tertiary/aromatic N) is 4. The monoisotopic (exact) mass is 404 g/mol. The van der Waals surface area contributed by atoms with Gasteiger partial charge in [-0.2, -0.15) is 8.78 Å². The fraction of sp³-hybridized carbons (Fsp3) is 0.316. The van der Waals surface area contributed by atoms with Gasteiger partial charge in [0, 0.05) is 12.7 Å². The fourth-order valence-corrected chi connectivity index (χ4v) is 2.69.